The van der Waals surface area contributed by atoms with E-state index in [2.05, 4.69) is 15.5 Å². The van der Waals surface area contributed by atoms with Crippen LogP contribution in [0.4, 0.5) is 0 Å². The number of hydrogen-bond acceptors (Lipinski definition) is 6. The molecule has 1 amide bonds. The molecule has 0 saturated heterocycles. The molecule has 0 unspecified atom stereocenters. The zero-order valence-electron chi connectivity index (χ0n) is 11.8. The van der Waals surface area contributed by atoms with Gasteiger partial charge in [0, 0.05) is 0 Å². The van der Waals surface area contributed by atoms with E-state index in [1.165, 1.54) is 18.4 Å². The number of carbonyl (C=O) groups is 1. The molecule has 0 fully saturated rings. The first-order valence-electron chi connectivity index (χ1n) is 6.55. The monoisotopic (exact) mass is 315 g/mol. The van der Waals surface area contributed by atoms with Crippen molar-refractivity contribution in [3.8, 4) is 16.5 Å². The van der Waals surface area contributed by atoms with Gasteiger partial charge in [0.25, 0.3) is 11.8 Å². The quantitative estimate of drug-likeness (QED) is 0.783. The molecule has 1 N–H and O–H groups in total. The van der Waals surface area contributed by atoms with Gasteiger partial charge in [0.15, 0.2) is 5.82 Å². The first-order valence-corrected chi connectivity index (χ1v) is 7.43. The highest BCUT2D eigenvalue weighted by Crippen LogP contribution is 2.22. The van der Waals surface area contributed by atoms with E-state index in [-0.39, 0.29) is 12.5 Å². The molecular weight excluding hydrogens is 302 g/mol. The number of nitrogens with one attached hydrogen (secondary N) is 1. The average Bonchev–Trinajstić information content (AvgIpc) is 3.23. The summed E-state index contributed by atoms with van der Waals surface area (Å²) >= 11 is 1.52. The van der Waals surface area contributed by atoms with Gasteiger partial charge < -0.3 is 14.6 Å². The molecule has 0 aliphatic rings. The van der Waals surface area contributed by atoms with Gasteiger partial charge in [0.2, 0.25) is 0 Å². The van der Waals surface area contributed by atoms with Crippen LogP contribution in [0.2, 0.25) is 0 Å². The number of aromatic nitrogens is 2. The normalized spacial score (nSPS) is 10.4. The standard InChI is InChI=1S/C15H13N3O3S/c1-20-11-6-3-2-5-10(11)14(19)16-9-13-17-15(21-18-13)12-7-4-8-22-12/h2-8H,9H2,1H3,(H,16,19). The summed E-state index contributed by atoms with van der Waals surface area (Å²) in [6.07, 6.45) is 0. The molecule has 3 rings (SSSR count). The molecule has 0 bridgehead atoms. The van der Waals surface area contributed by atoms with Crippen molar-refractivity contribution >= 4 is 17.2 Å². The molecule has 2 aromatic heterocycles. The Morgan fingerprint density at radius 1 is 1.32 bits per heavy atom. The van der Waals surface area contributed by atoms with Crippen LogP contribution >= 0.6 is 11.3 Å². The zero-order valence-corrected chi connectivity index (χ0v) is 12.6. The lowest BCUT2D eigenvalue weighted by Gasteiger charge is -2.07. The van der Waals surface area contributed by atoms with Crippen molar-refractivity contribution in [3.05, 3.63) is 53.2 Å². The van der Waals surface area contributed by atoms with Crippen molar-refractivity contribution in [3.63, 3.8) is 0 Å². The lowest BCUT2D eigenvalue weighted by Crippen LogP contribution is -2.23. The van der Waals surface area contributed by atoms with E-state index < -0.39 is 0 Å². The lowest BCUT2D eigenvalue weighted by atomic mass is 10.2. The van der Waals surface area contributed by atoms with Gasteiger partial charge in [-0.05, 0) is 23.6 Å². The van der Waals surface area contributed by atoms with Gasteiger partial charge in [-0.3, -0.25) is 4.79 Å². The predicted octanol–water partition coefficient (Wildman–Crippen LogP) is 2.74. The highest BCUT2D eigenvalue weighted by molar-refractivity contribution is 7.13. The summed E-state index contributed by atoms with van der Waals surface area (Å²) in [6.45, 7) is 0.186. The van der Waals surface area contributed by atoms with Crippen molar-refractivity contribution in [2.45, 2.75) is 6.54 Å². The van der Waals surface area contributed by atoms with E-state index in [0.717, 1.165) is 4.88 Å². The van der Waals surface area contributed by atoms with E-state index in [1.807, 2.05) is 23.6 Å². The van der Waals surface area contributed by atoms with Gasteiger partial charge in [-0.1, -0.05) is 23.4 Å². The number of ether oxygens (including phenoxy) is 1. The van der Waals surface area contributed by atoms with Crippen LogP contribution in [0.3, 0.4) is 0 Å². The maximum absolute atomic E-state index is 12.2. The fourth-order valence-corrected chi connectivity index (χ4v) is 2.56. The number of benzene rings is 1. The van der Waals surface area contributed by atoms with E-state index in [9.17, 15) is 4.79 Å². The van der Waals surface area contributed by atoms with Crippen LogP contribution in [0.1, 0.15) is 16.2 Å². The van der Waals surface area contributed by atoms with Crippen LogP contribution in [-0.2, 0) is 6.54 Å². The van der Waals surface area contributed by atoms with E-state index in [4.69, 9.17) is 9.26 Å². The van der Waals surface area contributed by atoms with Gasteiger partial charge in [-0.2, -0.15) is 4.98 Å². The third-order valence-electron chi connectivity index (χ3n) is 2.96. The topological polar surface area (TPSA) is 77.2 Å². The third-order valence-corrected chi connectivity index (χ3v) is 3.82. The second-order valence-corrected chi connectivity index (χ2v) is 5.32. The molecule has 22 heavy (non-hydrogen) atoms. The molecule has 0 saturated carbocycles. The van der Waals surface area contributed by atoms with Gasteiger partial charge in [0.1, 0.15) is 5.75 Å². The number of methoxy groups -OCH3 is 1. The number of amides is 1. The first kappa shape index (κ1) is 14.3. The second kappa shape index (κ2) is 6.40. The summed E-state index contributed by atoms with van der Waals surface area (Å²) in [6, 6.07) is 10.8. The number of thiophene rings is 1. The summed E-state index contributed by atoms with van der Waals surface area (Å²) in [7, 11) is 1.53. The van der Waals surface area contributed by atoms with Crippen LogP contribution in [0.15, 0.2) is 46.3 Å². The fraction of sp³-hybridized carbons (Fsp3) is 0.133. The van der Waals surface area contributed by atoms with Crippen molar-refractivity contribution in [2.75, 3.05) is 7.11 Å². The lowest BCUT2D eigenvalue weighted by molar-refractivity contribution is 0.0946. The molecule has 2 heterocycles. The minimum absolute atomic E-state index is 0.186. The Balaban J connectivity index is 1.66. The average molecular weight is 315 g/mol. The Bertz CT molecular complexity index is 768. The highest BCUT2D eigenvalue weighted by Gasteiger charge is 2.13. The van der Waals surface area contributed by atoms with Crippen molar-refractivity contribution in [2.24, 2.45) is 0 Å². The first-order chi connectivity index (χ1) is 10.8. The van der Waals surface area contributed by atoms with Crippen LogP contribution < -0.4 is 10.1 Å². The molecule has 7 heteroatoms. The molecule has 0 atom stereocenters. The molecule has 1 aromatic carbocycles. The van der Waals surface area contributed by atoms with Crippen LogP contribution in [-0.4, -0.2) is 23.2 Å². The number of nitrogens with zero attached hydrogens (tertiary/aromatic N) is 2. The number of carbonyl (C=O) groups excluding carboxylic acids is 1. The Hall–Kier alpha value is -2.67. The molecular formula is C15H13N3O3S. The molecule has 0 aliphatic heterocycles. The maximum atomic E-state index is 12.2. The summed E-state index contributed by atoms with van der Waals surface area (Å²) in [5.41, 5.74) is 0.465. The van der Waals surface area contributed by atoms with Gasteiger partial charge >= 0.3 is 0 Å². The van der Waals surface area contributed by atoms with Gasteiger partial charge in [0.05, 0.1) is 24.1 Å². The van der Waals surface area contributed by atoms with Gasteiger partial charge in [-0.15, -0.1) is 11.3 Å². The summed E-state index contributed by atoms with van der Waals surface area (Å²) in [5.74, 6) is 1.15. The minimum Gasteiger partial charge on any atom is -0.496 e. The Kier molecular flexibility index (Phi) is 4.15. The Morgan fingerprint density at radius 2 is 2.18 bits per heavy atom. The molecule has 3 aromatic rings. The number of rotatable bonds is 5. The van der Waals surface area contributed by atoms with Crippen molar-refractivity contribution in [1.82, 2.24) is 15.5 Å². The summed E-state index contributed by atoms with van der Waals surface area (Å²) in [5, 5.41) is 8.54. The Labute approximate surface area is 130 Å². The van der Waals surface area contributed by atoms with E-state index in [0.29, 0.717) is 23.0 Å². The number of hydrogen-bond donors (Lipinski definition) is 1. The molecule has 112 valence electrons. The number of para-hydroxylation sites is 1. The van der Waals surface area contributed by atoms with Crippen molar-refractivity contribution < 1.29 is 14.1 Å². The van der Waals surface area contributed by atoms with E-state index >= 15 is 0 Å². The van der Waals surface area contributed by atoms with Gasteiger partial charge in [-0.25, -0.2) is 0 Å². The molecule has 6 nitrogen and oxygen atoms in total. The zero-order chi connectivity index (χ0) is 15.4. The second-order valence-electron chi connectivity index (χ2n) is 4.38. The molecule has 0 radical (unpaired) electrons. The minimum atomic E-state index is -0.250. The highest BCUT2D eigenvalue weighted by atomic mass is 32.1. The van der Waals surface area contributed by atoms with Crippen molar-refractivity contribution in [1.29, 1.82) is 0 Å². The molecule has 0 aliphatic carbocycles. The fourth-order valence-electron chi connectivity index (χ4n) is 1.91. The van der Waals surface area contributed by atoms with E-state index in [1.54, 1.807) is 18.2 Å². The maximum Gasteiger partial charge on any atom is 0.268 e. The molecule has 0 spiro atoms. The smallest absolute Gasteiger partial charge is 0.268 e. The van der Waals surface area contributed by atoms with Crippen LogP contribution in [0, 0.1) is 0 Å². The SMILES string of the molecule is COc1ccccc1C(=O)NCc1noc(-c2cccs2)n1. The van der Waals surface area contributed by atoms with Crippen LogP contribution in [0.25, 0.3) is 10.8 Å². The summed E-state index contributed by atoms with van der Waals surface area (Å²) < 4.78 is 10.3. The largest absolute Gasteiger partial charge is 0.496 e. The predicted molar refractivity (Wildman–Crippen MR) is 81.8 cm³/mol. The third kappa shape index (κ3) is 2.99. The van der Waals surface area contributed by atoms with Crippen LogP contribution in [0.5, 0.6) is 5.75 Å². The Morgan fingerprint density at radius 3 is 2.95 bits per heavy atom. The summed E-state index contributed by atoms with van der Waals surface area (Å²) in [4.78, 5) is 17.3.